The predicted molar refractivity (Wildman–Crippen MR) is 76.2 cm³/mol. The van der Waals surface area contributed by atoms with Crippen LogP contribution in [-0.2, 0) is 9.53 Å². The van der Waals surface area contributed by atoms with Crippen molar-refractivity contribution in [1.82, 2.24) is 5.32 Å². The number of rotatable bonds is 7. The minimum absolute atomic E-state index is 0.314. The number of aliphatic carboxylic acids is 1. The molecule has 6 heteroatoms. The predicted octanol–water partition coefficient (Wildman–Crippen LogP) is 2.26. The molecule has 2 N–H and O–H groups in total. The van der Waals surface area contributed by atoms with Crippen molar-refractivity contribution in [2.24, 2.45) is 0 Å². The van der Waals surface area contributed by atoms with E-state index in [0.717, 1.165) is 5.56 Å². The van der Waals surface area contributed by atoms with E-state index < -0.39 is 17.9 Å². The van der Waals surface area contributed by atoms with Crippen LogP contribution in [-0.4, -0.2) is 36.7 Å². The number of carbonyl (C=O) groups excluding carboxylic acids is 1. The highest BCUT2D eigenvalue weighted by Crippen LogP contribution is 2.16. The smallest absolute Gasteiger partial charge is 0.326 e. The average molecular weight is 300 g/mol. The summed E-state index contributed by atoms with van der Waals surface area (Å²) in [6.45, 7) is 2.28. The third-order valence-electron chi connectivity index (χ3n) is 2.88. The number of nitrogens with one attached hydrogen (secondary N) is 1. The first-order valence-corrected chi connectivity index (χ1v) is 6.62. The summed E-state index contributed by atoms with van der Waals surface area (Å²) >= 11 is 5.95. The molecule has 20 heavy (non-hydrogen) atoms. The van der Waals surface area contributed by atoms with Gasteiger partial charge < -0.3 is 15.2 Å². The van der Waals surface area contributed by atoms with Gasteiger partial charge >= 0.3 is 5.97 Å². The number of hydrogen-bond donors (Lipinski definition) is 2. The van der Waals surface area contributed by atoms with Crippen molar-refractivity contribution in [2.45, 2.75) is 25.8 Å². The number of benzene rings is 1. The molecule has 1 atom stereocenters. The Hall–Kier alpha value is -1.59. The zero-order chi connectivity index (χ0) is 15.1. The molecule has 0 spiro atoms. The van der Waals surface area contributed by atoms with Crippen LogP contribution in [0.2, 0.25) is 5.02 Å². The normalized spacial score (nSPS) is 11.9. The van der Waals surface area contributed by atoms with Gasteiger partial charge in [0.05, 0.1) is 0 Å². The standard InChI is InChI=1S/C14H18ClNO4/c1-9-5-6-10(8-11(9)15)13(17)16-12(14(18)19)4-3-7-20-2/h5-6,8,12H,3-4,7H2,1-2H3,(H,16,17)(H,18,19). The molecule has 110 valence electrons. The molecule has 1 rings (SSSR count). The topological polar surface area (TPSA) is 75.6 Å². The third kappa shape index (κ3) is 4.83. The summed E-state index contributed by atoms with van der Waals surface area (Å²) in [5.74, 6) is -1.51. The molecular formula is C14H18ClNO4. The molecule has 0 saturated carbocycles. The quantitative estimate of drug-likeness (QED) is 0.757. The van der Waals surface area contributed by atoms with E-state index >= 15 is 0 Å². The van der Waals surface area contributed by atoms with Crippen molar-refractivity contribution >= 4 is 23.5 Å². The highest BCUT2D eigenvalue weighted by Gasteiger charge is 2.20. The van der Waals surface area contributed by atoms with Gasteiger partial charge in [0.25, 0.3) is 5.91 Å². The van der Waals surface area contributed by atoms with Crippen molar-refractivity contribution in [3.8, 4) is 0 Å². The zero-order valence-electron chi connectivity index (χ0n) is 11.5. The van der Waals surface area contributed by atoms with Gasteiger partial charge in [0.15, 0.2) is 0 Å². The van der Waals surface area contributed by atoms with E-state index in [2.05, 4.69) is 5.32 Å². The fourth-order valence-electron chi connectivity index (χ4n) is 1.66. The lowest BCUT2D eigenvalue weighted by atomic mass is 10.1. The molecule has 0 aliphatic rings. The Balaban J connectivity index is 2.69. The van der Waals surface area contributed by atoms with E-state index in [1.165, 1.54) is 6.07 Å². The van der Waals surface area contributed by atoms with Crippen LogP contribution in [0.15, 0.2) is 18.2 Å². The van der Waals surface area contributed by atoms with Crippen molar-refractivity contribution in [1.29, 1.82) is 0 Å². The van der Waals surface area contributed by atoms with E-state index in [0.29, 0.717) is 30.0 Å². The number of amides is 1. The molecule has 1 unspecified atom stereocenters. The Morgan fingerprint density at radius 1 is 1.45 bits per heavy atom. The first kappa shape index (κ1) is 16.5. The van der Waals surface area contributed by atoms with Crippen LogP contribution in [0.4, 0.5) is 0 Å². The van der Waals surface area contributed by atoms with Crippen LogP contribution in [0.3, 0.4) is 0 Å². The first-order chi connectivity index (χ1) is 9.45. The Morgan fingerprint density at radius 2 is 2.15 bits per heavy atom. The summed E-state index contributed by atoms with van der Waals surface area (Å²) in [6.07, 6.45) is 0.872. The number of methoxy groups -OCH3 is 1. The van der Waals surface area contributed by atoms with Crippen molar-refractivity contribution in [3.63, 3.8) is 0 Å². The highest BCUT2D eigenvalue weighted by molar-refractivity contribution is 6.31. The Kier molecular flexibility index (Phi) is 6.48. The molecule has 0 radical (unpaired) electrons. The maximum Gasteiger partial charge on any atom is 0.326 e. The van der Waals surface area contributed by atoms with E-state index in [1.807, 2.05) is 6.92 Å². The van der Waals surface area contributed by atoms with Crippen molar-refractivity contribution < 1.29 is 19.4 Å². The molecule has 0 fully saturated rings. The summed E-state index contributed by atoms with van der Waals surface area (Å²) in [5.41, 5.74) is 1.21. The molecule has 0 heterocycles. The van der Waals surface area contributed by atoms with Gasteiger partial charge in [-0.25, -0.2) is 4.79 Å². The van der Waals surface area contributed by atoms with E-state index in [-0.39, 0.29) is 0 Å². The second-order valence-corrected chi connectivity index (χ2v) is 4.87. The average Bonchev–Trinajstić information content (AvgIpc) is 2.40. The minimum Gasteiger partial charge on any atom is -0.480 e. The summed E-state index contributed by atoms with van der Waals surface area (Å²) in [6, 6.07) is 3.93. The van der Waals surface area contributed by atoms with E-state index in [1.54, 1.807) is 19.2 Å². The summed E-state index contributed by atoms with van der Waals surface area (Å²) in [4.78, 5) is 23.1. The van der Waals surface area contributed by atoms with Crippen LogP contribution < -0.4 is 5.32 Å². The van der Waals surface area contributed by atoms with Crippen LogP contribution in [0.5, 0.6) is 0 Å². The number of aryl methyl sites for hydroxylation is 1. The molecule has 0 aliphatic heterocycles. The minimum atomic E-state index is -1.06. The number of ether oxygens (including phenoxy) is 1. The molecule has 0 bridgehead atoms. The lowest BCUT2D eigenvalue weighted by Gasteiger charge is -2.14. The summed E-state index contributed by atoms with van der Waals surface area (Å²) in [7, 11) is 1.54. The zero-order valence-corrected chi connectivity index (χ0v) is 12.2. The maximum absolute atomic E-state index is 12.0. The fourth-order valence-corrected chi connectivity index (χ4v) is 1.85. The van der Waals surface area contributed by atoms with Gasteiger partial charge in [-0.1, -0.05) is 17.7 Å². The number of hydrogen-bond acceptors (Lipinski definition) is 3. The Morgan fingerprint density at radius 3 is 2.70 bits per heavy atom. The van der Waals surface area contributed by atoms with Crippen molar-refractivity contribution in [3.05, 3.63) is 34.3 Å². The largest absolute Gasteiger partial charge is 0.480 e. The Labute approximate surface area is 122 Å². The molecule has 1 aromatic carbocycles. The van der Waals surface area contributed by atoms with Gasteiger partial charge in [-0.2, -0.15) is 0 Å². The molecule has 5 nitrogen and oxygen atoms in total. The van der Waals surface area contributed by atoms with Gasteiger partial charge in [-0.15, -0.1) is 0 Å². The fraction of sp³-hybridized carbons (Fsp3) is 0.429. The van der Waals surface area contributed by atoms with Gasteiger partial charge in [0.1, 0.15) is 6.04 Å². The molecule has 0 aliphatic carbocycles. The number of carboxylic acids is 1. The first-order valence-electron chi connectivity index (χ1n) is 6.24. The Bertz CT molecular complexity index is 490. The van der Waals surface area contributed by atoms with Gasteiger partial charge in [0, 0.05) is 24.3 Å². The molecular weight excluding hydrogens is 282 g/mol. The van der Waals surface area contributed by atoms with Gasteiger partial charge in [-0.3, -0.25) is 4.79 Å². The highest BCUT2D eigenvalue weighted by atomic mass is 35.5. The van der Waals surface area contributed by atoms with Gasteiger partial charge in [0.2, 0.25) is 0 Å². The van der Waals surface area contributed by atoms with Gasteiger partial charge in [-0.05, 0) is 37.5 Å². The molecule has 1 aromatic rings. The molecule has 0 aromatic heterocycles. The van der Waals surface area contributed by atoms with Crippen LogP contribution in [0.25, 0.3) is 0 Å². The van der Waals surface area contributed by atoms with Crippen LogP contribution in [0, 0.1) is 6.92 Å². The second-order valence-electron chi connectivity index (χ2n) is 4.46. The van der Waals surface area contributed by atoms with E-state index in [9.17, 15) is 9.59 Å². The number of halogens is 1. The lowest BCUT2D eigenvalue weighted by molar-refractivity contribution is -0.139. The monoisotopic (exact) mass is 299 g/mol. The molecule has 1 amide bonds. The lowest BCUT2D eigenvalue weighted by Crippen LogP contribution is -2.40. The number of carbonyl (C=O) groups is 2. The summed E-state index contributed by atoms with van der Waals surface area (Å²) < 4.78 is 4.87. The maximum atomic E-state index is 12.0. The third-order valence-corrected chi connectivity index (χ3v) is 3.29. The summed E-state index contributed by atoms with van der Waals surface area (Å²) in [5, 5.41) is 12.0. The van der Waals surface area contributed by atoms with Crippen LogP contribution >= 0.6 is 11.6 Å². The van der Waals surface area contributed by atoms with Crippen LogP contribution in [0.1, 0.15) is 28.8 Å². The van der Waals surface area contributed by atoms with E-state index in [4.69, 9.17) is 21.4 Å². The van der Waals surface area contributed by atoms with Crippen molar-refractivity contribution in [2.75, 3.05) is 13.7 Å². The SMILES string of the molecule is COCCCC(NC(=O)c1ccc(C)c(Cl)c1)C(=O)O. The molecule has 0 saturated heterocycles. The number of carboxylic acid groups (broad SMARTS) is 1. The second kappa shape index (κ2) is 7.87.